The number of hydrogen-bond acceptors (Lipinski definition) is 4. The van der Waals surface area contributed by atoms with Gasteiger partial charge in [0.05, 0.1) is 18.4 Å². The molecule has 0 saturated carbocycles. The molecular formula is C9H8FNO4. The Morgan fingerprint density at radius 1 is 1.53 bits per heavy atom. The Bertz CT molecular complexity index is 430. The van der Waals surface area contributed by atoms with E-state index in [9.17, 15) is 14.0 Å². The fraction of sp³-hybridized carbons (Fsp3) is 0.222. The number of hydrogen-bond donors (Lipinski definition) is 1. The summed E-state index contributed by atoms with van der Waals surface area (Å²) in [6.45, 7) is 1.40. The molecule has 0 fully saturated rings. The molecular weight excluding hydrogens is 205 g/mol. The quantitative estimate of drug-likeness (QED) is 0.742. The third kappa shape index (κ3) is 2.09. The van der Waals surface area contributed by atoms with Crippen molar-refractivity contribution in [3.63, 3.8) is 0 Å². The normalized spacial score (nSPS) is 9.80. The number of carbonyl (C=O) groups excluding carboxylic acids is 1. The van der Waals surface area contributed by atoms with Gasteiger partial charge < -0.3 is 9.84 Å². The van der Waals surface area contributed by atoms with Gasteiger partial charge in [0.1, 0.15) is 0 Å². The minimum absolute atomic E-state index is 0.0833. The van der Waals surface area contributed by atoms with Crippen molar-refractivity contribution in [2.24, 2.45) is 0 Å². The average Bonchev–Trinajstić information content (AvgIpc) is 2.19. The lowest BCUT2D eigenvalue weighted by atomic mass is 10.2. The second-order valence-electron chi connectivity index (χ2n) is 2.75. The van der Waals surface area contributed by atoms with Gasteiger partial charge in [-0.1, -0.05) is 0 Å². The number of methoxy groups -OCH3 is 1. The zero-order valence-electron chi connectivity index (χ0n) is 8.07. The molecule has 80 valence electrons. The van der Waals surface area contributed by atoms with E-state index < -0.39 is 23.4 Å². The number of pyridine rings is 1. The molecule has 1 N–H and O–H groups in total. The predicted molar refractivity (Wildman–Crippen MR) is 47.2 cm³/mol. The average molecular weight is 213 g/mol. The van der Waals surface area contributed by atoms with Gasteiger partial charge in [-0.05, 0) is 13.0 Å². The van der Waals surface area contributed by atoms with Gasteiger partial charge in [0.25, 0.3) is 0 Å². The number of aromatic carboxylic acids is 1. The Morgan fingerprint density at radius 3 is 2.60 bits per heavy atom. The Morgan fingerprint density at radius 2 is 2.13 bits per heavy atom. The lowest BCUT2D eigenvalue weighted by Gasteiger charge is -2.04. The standard InChI is InChI=1S/C9H8FNO4/c1-4-5(9(14)15-2)3-6(10)7(11-4)8(12)13/h3H,1-2H3,(H,12,13). The van der Waals surface area contributed by atoms with Crippen LogP contribution in [0.3, 0.4) is 0 Å². The monoisotopic (exact) mass is 213 g/mol. The topological polar surface area (TPSA) is 76.5 Å². The molecule has 0 aliphatic heterocycles. The summed E-state index contributed by atoms with van der Waals surface area (Å²) in [7, 11) is 1.14. The Labute approximate surface area is 84.5 Å². The maximum atomic E-state index is 13.1. The van der Waals surface area contributed by atoms with Crippen LogP contribution in [0.25, 0.3) is 0 Å². The van der Waals surface area contributed by atoms with Crippen LogP contribution >= 0.6 is 0 Å². The molecule has 0 unspecified atom stereocenters. The highest BCUT2D eigenvalue weighted by molar-refractivity contribution is 5.92. The summed E-state index contributed by atoms with van der Waals surface area (Å²) in [5, 5.41) is 8.56. The van der Waals surface area contributed by atoms with Crippen molar-refractivity contribution in [3.05, 3.63) is 28.8 Å². The van der Waals surface area contributed by atoms with Crippen LogP contribution < -0.4 is 0 Å². The van der Waals surface area contributed by atoms with E-state index in [-0.39, 0.29) is 11.3 Å². The zero-order valence-corrected chi connectivity index (χ0v) is 8.07. The van der Waals surface area contributed by atoms with Gasteiger partial charge in [0.15, 0.2) is 11.5 Å². The highest BCUT2D eigenvalue weighted by atomic mass is 19.1. The molecule has 1 heterocycles. The molecule has 1 aromatic rings. The smallest absolute Gasteiger partial charge is 0.357 e. The van der Waals surface area contributed by atoms with Gasteiger partial charge in [-0.2, -0.15) is 0 Å². The van der Waals surface area contributed by atoms with E-state index in [1.54, 1.807) is 0 Å². The SMILES string of the molecule is COC(=O)c1cc(F)c(C(=O)O)nc1C. The number of esters is 1. The van der Waals surface area contributed by atoms with Crippen LogP contribution in [0.5, 0.6) is 0 Å². The van der Waals surface area contributed by atoms with Gasteiger partial charge in [-0.3, -0.25) is 0 Å². The van der Waals surface area contributed by atoms with Crippen molar-refractivity contribution in [2.45, 2.75) is 6.92 Å². The van der Waals surface area contributed by atoms with Crippen LogP contribution in [0.15, 0.2) is 6.07 Å². The van der Waals surface area contributed by atoms with Crippen molar-refractivity contribution >= 4 is 11.9 Å². The number of carbonyl (C=O) groups is 2. The third-order valence-corrected chi connectivity index (χ3v) is 1.77. The molecule has 1 rings (SSSR count). The first-order chi connectivity index (χ1) is 6.97. The number of nitrogens with zero attached hydrogens (tertiary/aromatic N) is 1. The zero-order chi connectivity index (χ0) is 11.6. The molecule has 0 bridgehead atoms. The molecule has 0 aliphatic rings. The highest BCUT2D eigenvalue weighted by Crippen LogP contribution is 2.12. The summed E-state index contributed by atoms with van der Waals surface area (Å²) < 4.78 is 17.5. The summed E-state index contributed by atoms with van der Waals surface area (Å²) >= 11 is 0. The second kappa shape index (κ2) is 4.04. The van der Waals surface area contributed by atoms with Gasteiger partial charge in [-0.15, -0.1) is 0 Å². The maximum absolute atomic E-state index is 13.1. The predicted octanol–water partition coefficient (Wildman–Crippen LogP) is 1.01. The van der Waals surface area contributed by atoms with Crippen LogP contribution in [0.1, 0.15) is 26.5 Å². The van der Waals surface area contributed by atoms with Crippen LogP contribution in [0.2, 0.25) is 0 Å². The van der Waals surface area contributed by atoms with E-state index >= 15 is 0 Å². The molecule has 15 heavy (non-hydrogen) atoms. The van der Waals surface area contributed by atoms with E-state index in [0.29, 0.717) is 0 Å². The van der Waals surface area contributed by atoms with E-state index in [2.05, 4.69) is 9.72 Å². The van der Waals surface area contributed by atoms with Crippen molar-refractivity contribution in [3.8, 4) is 0 Å². The number of carboxylic acids is 1. The summed E-state index contributed by atoms with van der Waals surface area (Å²) in [4.78, 5) is 25.1. The molecule has 0 saturated heterocycles. The lowest BCUT2D eigenvalue weighted by molar-refractivity contribution is 0.0594. The van der Waals surface area contributed by atoms with Crippen LogP contribution in [-0.4, -0.2) is 29.1 Å². The van der Waals surface area contributed by atoms with E-state index in [1.807, 2.05) is 0 Å². The molecule has 1 aromatic heterocycles. The van der Waals surface area contributed by atoms with Crippen molar-refractivity contribution in [1.29, 1.82) is 0 Å². The highest BCUT2D eigenvalue weighted by Gasteiger charge is 2.18. The van der Waals surface area contributed by atoms with Gasteiger partial charge in [0, 0.05) is 0 Å². The summed E-state index contributed by atoms with van der Waals surface area (Å²) in [5.74, 6) is -3.30. The molecule has 6 heteroatoms. The van der Waals surface area contributed by atoms with Gasteiger partial charge in [-0.25, -0.2) is 19.0 Å². The molecule has 0 aliphatic carbocycles. The Hall–Kier alpha value is -1.98. The Balaban J connectivity index is 3.31. The molecule has 5 nitrogen and oxygen atoms in total. The van der Waals surface area contributed by atoms with Gasteiger partial charge >= 0.3 is 11.9 Å². The first-order valence-electron chi connectivity index (χ1n) is 3.96. The summed E-state index contributed by atoms with van der Waals surface area (Å²) in [5.41, 5.74) is -0.680. The summed E-state index contributed by atoms with van der Waals surface area (Å²) in [6, 6.07) is 0.803. The number of carboxylic acid groups (broad SMARTS) is 1. The lowest BCUT2D eigenvalue weighted by Crippen LogP contribution is -2.11. The first kappa shape index (κ1) is 11.1. The Kier molecular flexibility index (Phi) is 2.99. The van der Waals surface area contributed by atoms with Crippen molar-refractivity contribution < 1.29 is 23.8 Å². The fourth-order valence-electron chi connectivity index (χ4n) is 1.05. The molecule has 0 radical (unpaired) electrons. The number of aromatic nitrogens is 1. The second-order valence-corrected chi connectivity index (χ2v) is 2.75. The van der Waals surface area contributed by atoms with E-state index in [0.717, 1.165) is 13.2 Å². The minimum atomic E-state index is -1.48. The first-order valence-corrected chi connectivity index (χ1v) is 3.96. The number of aryl methyl sites for hydroxylation is 1. The van der Waals surface area contributed by atoms with Gasteiger partial charge in [0.2, 0.25) is 0 Å². The number of ether oxygens (including phenoxy) is 1. The number of rotatable bonds is 2. The molecule has 0 atom stereocenters. The van der Waals surface area contributed by atoms with Crippen molar-refractivity contribution in [1.82, 2.24) is 4.98 Å². The molecule has 0 amide bonds. The van der Waals surface area contributed by atoms with Crippen LogP contribution in [0.4, 0.5) is 4.39 Å². The van der Waals surface area contributed by atoms with E-state index in [1.165, 1.54) is 6.92 Å². The van der Waals surface area contributed by atoms with Crippen molar-refractivity contribution in [2.75, 3.05) is 7.11 Å². The largest absolute Gasteiger partial charge is 0.476 e. The van der Waals surface area contributed by atoms with E-state index in [4.69, 9.17) is 5.11 Å². The fourth-order valence-corrected chi connectivity index (χ4v) is 1.05. The van der Waals surface area contributed by atoms with Crippen LogP contribution in [-0.2, 0) is 4.74 Å². The van der Waals surface area contributed by atoms with Crippen LogP contribution in [0, 0.1) is 12.7 Å². The summed E-state index contributed by atoms with van der Waals surface area (Å²) in [6.07, 6.45) is 0. The molecule has 0 spiro atoms. The minimum Gasteiger partial charge on any atom is -0.476 e. The number of halogens is 1. The third-order valence-electron chi connectivity index (χ3n) is 1.77. The maximum Gasteiger partial charge on any atom is 0.357 e. The molecule has 0 aromatic carbocycles.